The molecule has 0 aliphatic heterocycles. The van der Waals surface area contributed by atoms with E-state index in [1.807, 2.05) is 37.3 Å². The highest BCUT2D eigenvalue weighted by atomic mass is 79.9. The Morgan fingerprint density at radius 2 is 1.90 bits per heavy atom. The van der Waals surface area contributed by atoms with Crippen LogP contribution in [0.1, 0.15) is 18.5 Å². The molecule has 6 heteroatoms. The first-order valence-corrected chi connectivity index (χ1v) is 7.57. The zero-order chi connectivity index (χ0) is 14.5. The molecule has 0 bridgehead atoms. The number of amides is 2. The minimum absolute atomic E-state index is 0.0936. The molecule has 0 aliphatic carbocycles. The van der Waals surface area contributed by atoms with Crippen LogP contribution in [0.3, 0.4) is 0 Å². The van der Waals surface area contributed by atoms with Gasteiger partial charge in [0.2, 0.25) is 0 Å². The van der Waals surface area contributed by atoms with Crippen LogP contribution in [0.5, 0.6) is 0 Å². The van der Waals surface area contributed by atoms with Gasteiger partial charge in [0.1, 0.15) is 0 Å². The highest BCUT2D eigenvalue weighted by molar-refractivity contribution is 9.11. The zero-order valence-electron chi connectivity index (χ0n) is 10.7. The second kappa shape index (κ2) is 6.85. The van der Waals surface area contributed by atoms with Gasteiger partial charge in [-0.15, -0.1) is 0 Å². The maximum absolute atomic E-state index is 12.0. The summed E-state index contributed by atoms with van der Waals surface area (Å²) >= 11 is 6.77. The van der Waals surface area contributed by atoms with Crippen molar-refractivity contribution in [1.82, 2.24) is 10.3 Å². The van der Waals surface area contributed by atoms with E-state index in [0.717, 1.165) is 14.5 Å². The minimum atomic E-state index is -0.256. The Kier molecular flexibility index (Phi) is 5.14. The molecule has 2 N–H and O–H groups in total. The summed E-state index contributed by atoms with van der Waals surface area (Å²) < 4.78 is 1.73. The van der Waals surface area contributed by atoms with Crippen LogP contribution in [0.25, 0.3) is 0 Å². The van der Waals surface area contributed by atoms with E-state index in [1.165, 1.54) is 0 Å². The molecule has 0 radical (unpaired) electrons. The average molecular weight is 399 g/mol. The summed E-state index contributed by atoms with van der Waals surface area (Å²) in [6.07, 6.45) is 3.41. The average Bonchev–Trinajstić information content (AvgIpc) is 2.43. The summed E-state index contributed by atoms with van der Waals surface area (Å²) in [6, 6.07) is 9.00. The van der Waals surface area contributed by atoms with Gasteiger partial charge in [0, 0.05) is 21.3 Å². The Balaban J connectivity index is 2.01. The molecule has 0 saturated carbocycles. The molecule has 2 rings (SSSR count). The predicted molar refractivity (Wildman–Crippen MR) is 86.6 cm³/mol. The third-order valence-corrected chi connectivity index (χ3v) is 3.92. The maximum atomic E-state index is 12.0. The number of pyridine rings is 1. The zero-order valence-corrected chi connectivity index (χ0v) is 13.9. The number of benzene rings is 1. The highest BCUT2D eigenvalue weighted by Crippen LogP contribution is 2.26. The van der Waals surface area contributed by atoms with Crippen molar-refractivity contribution in [3.8, 4) is 0 Å². The van der Waals surface area contributed by atoms with Gasteiger partial charge in [-0.1, -0.05) is 15.9 Å². The molecule has 0 aliphatic rings. The molecule has 0 fully saturated rings. The second-order valence-corrected chi connectivity index (χ2v) is 5.99. The fourth-order valence-corrected chi connectivity index (χ4v) is 2.39. The molecular formula is C14H13Br2N3O. The van der Waals surface area contributed by atoms with E-state index in [1.54, 1.807) is 12.4 Å². The molecule has 1 aromatic carbocycles. The molecule has 1 heterocycles. The summed E-state index contributed by atoms with van der Waals surface area (Å²) in [5, 5.41) is 5.69. The first-order valence-electron chi connectivity index (χ1n) is 5.99. The Morgan fingerprint density at radius 1 is 1.20 bits per heavy atom. The number of urea groups is 1. The van der Waals surface area contributed by atoms with Crippen LogP contribution in [0.4, 0.5) is 10.5 Å². The fraction of sp³-hybridized carbons (Fsp3) is 0.143. The quantitative estimate of drug-likeness (QED) is 0.800. The Labute approximate surface area is 134 Å². The topological polar surface area (TPSA) is 54.0 Å². The molecule has 4 nitrogen and oxygen atoms in total. The predicted octanol–water partition coefficient (Wildman–Crippen LogP) is 4.49. The van der Waals surface area contributed by atoms with Crippen molar-refractivity contribution in [3.05, 3.63) is 57.2 Å². The number of aromatic nitrogens is 1. The first-order chi connectivity index (χ1) is 9.56. The lowest BCUT2D eigenvalue weighted by Gasteiger charge is -2.15. The van der Waals surface area contributed by atoms with E-state index in [2.05, 4.69) is 47.5 Å². The van der Waals surface area contributed by atoms with Gasteiger partial charge in [-0.3, -0.25) is 4.98 Å². The minimum Gasteiger partial charge on any atom is -0.331 e. The lowest BCUT2D eigenvalue weighted by atomic mass is 10.1. The van der Waals surface area contributed by atoms with Crippen molar-refractivity contribution < 1.29 is 4.79 Å². The van der Waals surface area contributed by atoms with Crippen molar-refractivity contribution in [1.29, 1.82) is 0 Å². The van der Waals surface area contributed by atoms with Crippen LogP contribution >= 0.6 is 31.9 Å². The van der Waals surface area contributed by atoms with E-state index in [0.29, 0.717) is 5.69 Å². The van der Waals surface area contributed by atoms with Gasteiger partial charge in [-0.05, 0) is 58.7 Å². The van der Waals surface area contributed by atoms with Crippen LogP contribution in [0.2, 0.25) is 0 Å². The lowest BCUT2D eigenvalue weighted by Crippen LogP contribution is -2.31. The number of nitrogens with zero attached hydrogens (tertiary/aromatic N) is 1. The molecule has 0 spiro atoms. The van der Waals surface area contributed by atoms with Crippen LogP contribution in [-0.4, -0.2) is 11.0 Å². The number of carbonyl (C=O) groups excluding carboxylic acids is 1. The maximum Gasteiger partial charge on any atom is 0.319 e. The van der Waals surface area contributed by atoms with Gasteiger partial charge >= 0.3 is 6.03 Å². The van der Waals surface area contributed by atoms with Gasteiger partial charge in [0.25, 0.3) is 0 Å². The van der Waals surface area contributed by atoms with E-state index in [4.69, 9.17) is 0 Å². The summed E-state index contributed by atoms with van der Waals surface area (Å²) in [7, 11) is 0. The number of hydrogen-bond donors (Lipinski definition) is 2. The number of nitrogens with one attached hydrogen (secondary N) is 2. The van der Waals surface area contributed by atoms with E-state index >= 15 is 0 Å². The molecule has 2 aromatic rings. The third kappa shape index (κ3) is 4.05. The van der Waals surface area contributed by atoms with Crippen LogP contribution in [0.15, 0.2) is 51.7 Å². The van der Waals surface area contributed by atoms with E-state index < -0.39 is 0 Å². The van der Waals surface area contributed by atoms with Gasteiger partial charge in [0.15, 0.2) is 0 Å². The molecule has 0 saturated heterocycles. The van der Waals surface area contributed by atoms with Crippen LogP contribution in [-0.2, 0) is 0 Å². The number of anilines is 1. The first kappa shape index (κ1) is 15.0. The van der Waals surface area contributed by atoms with Gasteiger partial charge in [-0.2, -0.15) is 0 Å². The Bertz CT molecular complexity index is 605. The van der Waals surface area contributed by atoms with E-state index in [9.17, 15) is 4.79 Å². The standard InChI is InChI=1S/C14H13Br2N3O/c1-9(10-4-6-17-7-5-10)18-14(20)19-13-8-11(15)2-3-12(13)16/h2-9H,1H3,(H2,18,19,20). The van der Waals surface area contributed by atoms with Gasteiger partial charge in [0.05, 0.1) is 11.7 Å². The Hall–Kier alpha value is -1.40. The summed E-state index contributed by atoms with van der Waals surface area (Å²) in [6.45, 7) is 1.92. The lowest BCUT2D eigenvalue weighted by molar-refractivity contribution is 0.249. The molecule has 1 unspecified atom stereocenters. The van der Waals surface area contributed by atoms with Crippen molar-refractivity contribution >= 4 is 43.6 Å². The molecule has 1 aromatic heterocycles. The van der Waals surface area contributed by atoms with Gasteiger partial charge in [-0.25, -0.2) is 4.79 Å². The number of halogens is 2. The summed E-state index contributed by atoms with van der Waals surface area (Å²) in [5.74, 6) is 0. The second-order valence-electron chi connectivity index (χ2n) is 4.22. The normalized spacial score (nSPS) is 11.8. The van der Waals surface area contributed by atoms with Crippen molar-refractivity contribution in [3.63, 3.8) is 0 Å². The number of rotatable bonds is 3. The number of hydrogen-bond acceptors (Lipinski definition) is 2. The molecule has 1 atom stereocenters. The monoisotopic (exact) mass is 397 g/mol. The van der Waals surface area contributed by atoms with E-state index in [-0.39, 0.29) is 12.1 Å². The smallest absolute Gasteiger partial charge is 0.319 e. The Morgan fingerprint density at radius 3 is 2.60 bits per heavy atom. The SMILES string of the molecule is CC(NC(=O)Nc1cc(Br)ccc1Br)c1ccncc1. The number of carbonyl (C=O) groups is 1. The molecular weight excluding hydrogens is 386 g/mol. The van der Waals surface area contributed by atoms with Crippen molar-refractivity contribution in [2.24, 2.45) is 0 Å². The molecule has 104 valence electrons. The molecule has 2 amide bonds. The van der Waals surface area contributed by atoms with Gasteiger partial charge < -0.3 is 10.6 Å². The van der Waals surface area contributed by atoms with Crippen LogP contribution in [0, 0.1) is 0 Å². The fourth-order valence-electron chi connectivity index (χ4n) is 1.68. The van der Waals surface area contributed by atoms with Crippen molar-refractivity contribution in [2.45, 2.75) is 13.0 Å². The summed E-state index contributed by atoms with van der Waals surface area (Å²) in [5.41, 5.74) is 1.71. The van der Waals surface area contributed by atoms with Crippen LogP contribution < -0.4 is 10.6 Å². The molecule has 20 heavy (non-hydrogen) atoms. The summed E-state index contributed by atoms with van der Waals surface area (Å²) in [4.78, 5) is 15.9. The highest BCUT2D eigenvalue weighted by Gasteiger charge is 2.10. The largest absolute Gasteiger partial charge is 0.331 e. The third-order valence-electron chi connectivity index (χ3n) is 2.73. The van der Waals surface area contributed by atoms with Crippen molar-refractivity contribution in [2.75, 3.05) is 5.32 Å².